The summed E-state index contributed by atoms with van der Waals surface area (Å²) in [7, 11) is 0. The average Bonchev–Trinajstić information content (AvgIpc) is 2.17. The van der Waals surface area contributed by atoms with Gasteiger partial charge in [-0.1, -0.05) is 19.1 Å². The summed E-state index contributed by atoms with van der Waals surface area (Å²) in [6.45, 7) is 6.00. The fourth-order valence-corrected chi connectivity index (χ4v) is 1.43. The number of ether oxygens (including phenoxy) is 1. The Morgan fingerprint density at radius 1 is 1.33 bits per heavy atom. The Morgan fingerprint density at radius 3 is 2.67 bits per heavy atom. The van der Waals surface area contributed by atoms with Crippen molar-refractivity contribution in [1.82, 2.24) is 0 Å². The largest absolute Gasteiger partial charge is 0.491 e. The molecule has 0 saturated carbocycles. The molecule has 15 heavy (non-hydrogen) atoms. The number of benzene rings is 1. The van der Waals surface area contributed by atoms with Crippen molar-refractivity contribution in [2.75, 3.05) is 0 Å². The van der Waals surface area contributed by atoms with Crippen molar-refractivity contribution in [3.63, 3.8) is 0 Å². The van der Waals surface area contributed by atoms with E-state index in [0.29, 0.717) is 6.42 Å². The zero-order valence-electron chi connectivity index (χ0n) is 9.73. The highest BCUT2D eigenvalue weighted by Gasteiger charge is 2.04. The highest BCUT2D eigenvalue weighted by atomic mass is 16.5. The number of aliphatic hydroxyl groups excluding tert-OH is 1. The van der Waals surface area contributed by atoms with Crippen LogP contribution in [0.15, 0.2) is 24.3 Å². The molecule has 0 bridgehead atoms. The van der Waals surface area contributed by atoms with Crippen molar-refractivity contribution >= 4 is 0 Å². The van der Waals surface area contributed by atoms with Crippen LogP contribution in [-0.2, 0) is 6.42 Å². The molecule has 0 spiro atoms. The standard InChI is InChI=1S/C13H20O2/c1-4-12(14)8-11-6-5-7-13(9-11)15-10(2)3/h5-7,9-10,12,14H,4,8H2,1-3H3. The van der Waals surface area contributed by atoms with Crippen molar-refractivity contribution in [1.29, 1.82) is 0 Å². The van der Waals surface area contributed by atoms with Gasteiger partial charge in [0.25, 0.3) is 0 Å². The summed E-state index contributed by atoms with van der Waals surface area (Å²) in [4.78, 5) is 0. The van der Waals surface area contributed by atoms with E-state index < -0.39 is 0 Å². The smallest absolute Gasteiger partial charge is 0.119 e. The molecule has 1 N–H and O–H groups in total. The van der Waals surface area contributed by atoms with Gasteiger partial charge in [-0.2, -0.15) is 0 Å². The number of aliphatic hydroxyl groups is 1. The molecule has 1 unspecified atom stereocenters. The van der Waals surface area contributed by atoms with Crippen LogP contribution in [0.25, 0.3) is 0 Å². The van der Waals surface area contributed by atoms with Gasteiger partial charge in [-0.05, 0) is 44.4 Å². The molecular formula is C13H20O2. The van der Waals surface area contributed by atoms with Crippen LogP contribution < -0.4 is 4.74 Å². The lowest BCUT2D eigenvalue weighted by molar-refractivity contribution is 0.170. The second-order valence-electron chi connectivity index (χ2n) is 4.08. The molecular weight excluding hydrogens is 188 g/mol. The van der Waals surface area contributed by atoms with Crippen LogP contribution in [-0.4, -0.2) is 17.3 Å². The van der Waals surface area contributed by atoms with Gasteiger partial charge < -0.3 is 9.84 Å². The minimum absolute atomic E-state index is 0.191. The average molecular weight is 208 g/mol. The second kappa shape index (κ2) is 5.76. The Labute approximate surface area is 91.9 Å². The molecule has 0 aliphatic heterocycles. The first kappa shape index (κ1) is 12.1. The lowest BCUT2D eigenvalue weighted by Crippen LogP contribution is -2.09. The summed E-state index contributed by atoms with van der Waals surface area (Å²) in [5, 5.41) is 9.54. The first-order valence-electron chi connectivity index (χ1n) is 5.55. The maximum absolute atomic E-state index is 9.54. The van der Waals surface area contributed by atoms with E-state index in [2.05, 4.69) is 0 Å². The minimum atomic E-state index is -0.251. The van der Waals surface area contributed by atoms with Gasteiger partial charge in [-0.3, -0.25) is 0 Å². The first-order chi connectivity index (χ1) is 7.11. The van der Waals surface area contributed by atoms with Gasteiger partial charge in [0.2, 0.25) is 0 Å². The summed E-state index contributed by atoms with van der Waals surface area (Å²) < 4.78 is 5.59. The molecule has 2 heteroatoms. The molecule has 84 valence electrons. The molecule has 1 atom stereocenters. The maximum atomic E-state index is 9.54. The maximum Gasteiger partial charge on any atom is 0.119 e. The molecule has 2 nitrogen and oxygen atoms in total. The van der Waals surface area contributed by atoms with Crippen LogP contribution in [0.5, 0.6) is 5.75 Å². The van der Waals surface area contributed by atoms with Gasteiger partial charge in [0.1, 0.15) is 5.75 Å². The molecule has 0 aromatic heterocycles. The molecule has 0 fully saturated rings. The molecule has 1 rings (SSSR count). The van der Waals surface area contributed by atoms with Crippen molar-refractivity contribution in [2.24, 2.45) is 0 Å². The van der Waals surface area contributed by atoms with Crippen LogP contribution >= 0.6 is 0 Å². The van der Waals surface area contributed by atoms with Crippen LogP contribution in [0.3, 0.4) is 0 Å². The molecule has 0 heterocycles. The third-order valence-electron chi connectivity index (χ3n) is 2.21. The van der Waals surface area contributed by atoms with Gasteiger partial charge >= 0.3 is 0 Å². The van der Waals surface area contributed by atoms with Crippen molar-refractivity contribution in [2.45, 2.75) is 45.8 Å². The van der Waals surface area contributed by atoms with Crippen molar-refractivity contribution < 1.29 is 9.84 Å². The third kappa shape index (κ3) is 4.34. The quantitative estimate of drug-likeness (QED) is 0.806. The molecule has 1 aromatic carbocycles. The third-order valence-corrected chi connectivity index (χ3v) is 2.21. The summed E-state index contributed by atoms with van der Waals surface area (Å²) in [6.07, 6.45) is 1.43. The predicted octanol–water partition coefficient (Wildman–Crippen LogP) is 2.79. The van der Waals surface area contributed by atoms with Gasteiger partial charge in [-0.25, -0.2) is 0 Å². The van der Waals surface area contributed by atoms with E-state index in [9.17, 15) is 5.11 Å². The summed E-state index contributed by atoms with van der Waals surface area (Å²) >= 11 is 0. The molecule has 0 aliphatic rings. The van der Waals surface area contributed by atoms with Gasteiger partial charge in [0.15, 0.2) is 0 Å². The van der Waals surface area contributed by atoms with Crippen LogP contribution in [0.1, 0.15) is 32.8 Å². The van der Waals surface area contributed by atoms with Crippen molar-refractivity contribution in [3.05, 3.63) is 29.8 Å². The minimum Gasteiger partial charge on any atom is -0.491 e. The fraction of sp³-hybridized carbons (Fsp3) is 0.538. The highest BCUT2D eigenvalue weighted by Crippen LogP contribution is 2.16. The van der Waals surface area contributed by atoms with E-state index in [1.165, 1.54) is 0 Å². The Kier molecular flexibility index (Phi) is 4.63. The van der Waals surface area contributed by atoms with E-state index in [0.717, 1.165) is 17.7 Å². The van der Waals surface area contributed by atoms with Gasteiger partial charge in [-0.15, -0.1) is 0 Å². The number of hydrogen-bond acceptors (Lipinski definition) is 2. The number of hydrogen-bond donors (Lipinski definition) is 1. The monoisotopic (exact) mass is 208 g/mol. The Balaban J connectivity index is 2.65. The Hall–Kier alpha value is -1.02. The summed E-state index contributed by atoms with van der Waals surface area (Å²) in [6, 6.07) is 7.93. The van der Waals surface area contributed by atoms with Gasteiger partial charge in [0, 0.05) is 0 Å². The molecule has 0 aliphatic carbocycles. The molecule has 0 amide bonds. The van der Waals surface area contributed by atoms with Crippen LogP contribution in [0.4, 0.5) is 0 Å². The first-order valence-corrected chi connectivity index (χ1v) is 5.55. The van der Waals surface area contributed by atoms with E-state index >= 15 is 0 Å². The van der Waals surface area contributed by atoms with E-state index in [1.54, 1.807) is 0 Å². The van der Waals surface area contributed by atoms with E-state index in [4.69, 9.17) is 4.74 Å². The topological polar surface area (TPSA) is 29.5 Å². The molecule has 0 saturated heterocycles. The highest BCUT2D eigenvalue weighted by molar-refractivity contribution is 5.29. The van der Waals surface area contributed by atoms with Crippen molar-refractivity contribution in [3.8, 4) is 5.75 Å². The SMILES string of the molecule is CCC(O)Cc1cccc(OC(C)C)c1. The van der Waals surface area contributed by atoms with Crippen LogP contribution in [0.2, 0.25) is 0 Å². The zero-order chi connectivity index (χ0) is 11.3. The normalized spacial score (nSPS) is 12.9. The van der Waals surface area contributed by atoms with E-state index in [1.807, 2.05) is 45.0 Å². The lowest BCUT2D eigenvalue weighted by atomic mass is 10.1. The fourth-order valence-electron chi connectivity index (χ4n) is 1.43. The Morgan fingerprint density at radius 2 is 2.07 bits per heavy atom. The summed E-state index contributed by atoms with van der Waals surface area (Å²) in [5.41, 5.74) is 1.13. The van der Waals surface area contributed by atoms with Gasteiger partial charge in [0.05, 0.1) is 12.2 Å². The van der Waals surface area contributed by atoms with E-state index in [-0.39, 0.29) is 12.2 Å². The summed E-state index contributed by atoms with van der Waals surface area (Å²) in [5.74, 6) is 0.880. The van der Waals surface area contributed by atoms with Crippen LogP contribution in [0, 0.1) is 0 Å². The number of rotatable bonds is 5. The lowest BCUT2D eigenvalue weighted by Gasteiger charge is -2.12. The zero-order valence-corrected chi connectivity index (χ0v) is 9.73. The molecule has 0 radical (unpaired) electrons. The second-order valence-corrected chi connectivity index (χ2v) is 4.08. The predicted molar refractivity (Wildman–Crippen MR) is 62.2 cm³/mol. The molecule has 1 aromatic rings. The Bertz CT molecular complexity index is 294.